The Morgan fingerprint density at radius 3 is 2.50 bits per heavy atom. The van der Waals surface area contributed by atoms with Gasteiger partial charge in [0.05, 0.1) is 6.61 Å². The number of carboxylic acid groups (broad SMARTS) is 1. The largest absolute Gasteiger partial charge is 0.480 e. The smallest absolute Gasteiger partial charge is 0.321 e. The van der Waals surface area contributed by atoms with E-state index in [1.807, 2.05) is 0 Å². The molecule has 0 amide bonds. The van der Waals surface area contributed by atoms with Crippen LogP contribution >= 0.6 is 11.8 Å². The summed E-state index contributed by atoms with van der Waals surface area (Å²) in [6.07, 6.45) is -3.15. The molecule has 16 heavy (non-hydrogen) atoms. The zero-order valence-electron chi connectivity index (χ0n) is 8.39. The quantitative estimate of drug-likeness (QED) is 0.365. The third-order valence-corrected chi connectivity index (χ3v) is 3.53. The highest BCUT2D eigenvalue weighted by Crippen LogP contribution is 2.29. The number of hydrogen-bond donors (Lipinski definition) is 5. The van der Waals surface area contributed by atoms with Crippen molar-refractivity contribution >= 4 is 17.7 Å². The average Bonchev–Trinajstić information content (AvgIpc) is 2.52. The summed E-state index contributed by atoms with van der Waals surface area (Å²) in [5, 5.41) is 36.3. The second-order valence-corrected chi connectivity index (χ2v) is 4.62. The number of aliphatic carboxylic acids is 1. The van der Waals surface area contributed by atoms with Crippen LogP contribution in [0.25, 0.3) is 0 Å². The first kappa shape index (κ1) is 13.7. The Morgan fingerprint density at radius 1 is 1.44 bits per heavy atom. The summed E-state index contributed by atoms with van der Waals surface area (Å²) < 4.78 is 5.13. The van der Waals surface area contributed by atoms with Crippen LogP contribution in [0.3, 0.4) is 0 Å². The highest BCUT2D eigenvalue weighted by atomic mass is 32.2. The maximum atomic E-state index is 10.4. The van der Waals surface area contributed by atoms with Crippen molar-refractivity contribution in [3.8, 4) is 0 Å². The van der Waals surface area contributed by atoms with Crippen molar-refractivity contribution in [2.75, 3.05) is 12.4 Å². The fraction of sp³-hybridized carbons (Fsp3) is 0.875. The molecule has 1 heterocycles. The first-order valence-electron chi connectivity index (χ1n) is 4.69. The van der Waals surface area contributed by atoms with E-state index in [4.69, 9.17) is 20.7 Å². The van der Waals surface area contributed by atoms with E-state index in [0.717, 1.165) is 11.8 Å². The maximum absolute atomic E-state index is 10.4. The summed E-state index contributed by atoms with van der Waals surface area (Å²) in [4.78, 5) is 10.4. The molecule has 8 heteroatoms. The lowest BCUT2D eigenvalue weighted by atomic mass is 10.2. The van der Waals surface area contributed by atoms with Gasteiger partial charge in [0, 0.05) is 5.75 Å². The fourth-order valence-electron chi connectivity index (χ4n) is 1.27. The third-order valence-electron chi connectivity index (χ3n) is 2.26. The average molecular weight is 253 g/mol. The van der Waals surface area contributed by atoms with E-state index in [2.05, 4.69) is 0 Å². The predicted octanol–water partition coefficient (Wildman–Crippen LogP) is -2.43. The van der Waals surface area contributed by atoms with E-state index in [9.17, 15) is 15.0 Å². The van der Waals surface area contributed by atoms with Crippen LogP contribution in [0.5, 0.6) is 0 Å². The summed E-state index contributed by atoms with van der Waals surface area (Å²) in [7, 11) is 0. The van der Waals surface area contributed by atoms with Crippen LogP contribution in [0, 0.1) is 0 Å². The highest BCUT2D eigenvalue weighted by Gasteiger charge is 2.42. The maximum Gasteiger partial charge on any atom is 0.321 e. The van der Waals surface area contributed by atoms with Crippen molar-refractivity contribution in [3.63, 3.8) is 0 Å². The molecule has 0 aliphatic carbocycles. The van der Waals surface area contributed by atoms with Crippen LogP contribution in [-0.2, 0) is 9.53 Å². The number of hydrogen-bond acceptors (Lipinski definition) is 7. The normalized spacial score (nSPS) is 36.2. The number of thioether (sulfide) groups is 1. The van der Waals surface area contributed by atoms with Gasteiger partial charge in [0.2, 0.25) is 0 Å². The van der Waals surface area contributed by atoms with Gasteiger partial charge < -0.3 is 30.9 Å². The Labute approximate surface area is 96.2 Å². The number of aliphatic hydroxyl groups is 3. The molecule has 1 aliphatic heterocycles. The van der Waals surface area contributed by atoms with Gasteiger partial charge in [-0.05, 0) is 0 Å². The molecule has 2 unspecified atom stereocenters. The molecule has 1 aliphatic rings. The molecule has 7 nitrogen and oxygen atoms in total. The van der Waals surface area contributed by atoms with Crippen molar-refractivity contribution in [2.45, 2.75) is 29.8 Å². The summed E-state index contributed by atoms with van der Waals surface area (Å²) in [6.45, 7) is -0.403. The Balaban J connectivity index is 2.41. The lowest BCUT2D eigenvalue weighted by Crippen LogP contribution is -2.35. The number of carboxylic acids is 1. The number of nitrogens with two attached hydrogens (primary N) is 1. The van der Waals surface area contributed by atoms with Crippen molar-refractivity contribution in [1.82, 2.24) is 0 Å². The van der Waals surface area contributed by atoms with Crippen LogP contribution in [0.4, 0.5) is 0 Å². The zero-order valence-corrected chi connectivity index (χ0v) is 9.21. The van der Waals surface area contributed by atoms with Crippen molar-refractivity contribution < 1.29 is 30.0 Å². The summed E-state index contributed by atoms with van der Waals surface area (Å²) >= 11 is 1.00. The number of ether oxygens (including phenoxy) is 1. The molecule has 0 aromatic heterocycles. The van der Waals surface area contributed by atoms with Crippen LogP contribution in [0.15, 0.2) is 0 Å². The molecule has 1 saturated heterocycles. The van der Waals surface area contributed by atoms with E-state index < -0.39 is 42.4 Å². The van der Waals surface area contributed by atoms with Crippen molar-refractivity contribution in [2.24, 2.45) is 5.73 Å². The molecule has 0 spiro atoms. The standard InChI is InChI=1S/C8H15NO6S/c9-3(7(13)14)2-16-8-6(12)5(11)4(1-10)15-8/h3-6,8,10-12H,1-2,9H2,(H,13,14)/t3?,4-,5-,6-,8?/m1/s1. The van der Waals surface area contributed by atoms with Crippen molar-refractivity contribution in [1.29, 1.82) is 0 Å². The first-order valence-corrected chi connectivity index (χ1v) is 5.74. The van der Waals surface area contributed by atoms with Gasteiger partial charge in [-0.1, -0.05) is 0 Å². The molecule has 5 atom stereocenters. The molecule has 0 bridgehead atoms. The Bertz CT molecular complexity index is 253. The van der Waals surface area contributed by atoms with Gasteiger partial charge >= 0.3 is 5.97 Å². The Morgan fingerprint density at radius 2 is 2.06 bits per heavy atom. The summed E-state index contributed by atoms with van der Waals surface area (Å²) in [5.74, 6) is -1.08. The lowest BCUT2D eigenvalue weighted by molar-refractivity contribution is -0.137. The van der Waals surface area contributed by atoms with Crippen LogP contribution in [0.2, 0.25) is 0 Å². The molecular formula is C8H15NO6S. The molecule has 0 saturated carbocycles. The van der Waals surface area contributed by atoms with Gasteiger partial charge in [0.1, 0.15) is 29.8 Å². The van der Waals surface area contributed by atoms with Gasteiger partial charge in [0.15, 0.2) is 0 Å². The summed E-state index contributed by atoms with van der Waals surface area (Å²) in [6, 6.07) is -1.05. The minimum Gasteiger partial charge on any atom is -0.480 e. The number of aliphatic hydroxyl groups excluding tert-OH is 3. The van der Waals surface area contributed by atoms with Gasteiger partial charge in [-0.2, -0.15) is 0 Å². The monoisotopic (exact) mass is 253 g/mol. The Hall–Kier alpha value is -0.380. The molecule has 94 valence electrons. The molecule has 6 N–H and O–H groups in total. The zero-order chi connectivity index (χ0) is 12.3. The minimum absolute atomic E-state index is 0.0575. The number of carbonyl (C=O) groups is 1. The van der Waals surface area contributed by atoms with Crippen LogP contribution in [-0.4, -0.2) is 68.5 Å². The third kappa shape index (κ3) is 3.06. The fourth-order valence-corrected chi connectivity index (χ4v) is 2.39. The second-order valence-electron chi connectivity index (χ2n) is 3.48. The van der Waals surface area contributed by atoms with Gasteiger partial charge in [-0.3, -0.25) is 4.79 Å². The molecule has 0 aromatic rings. The van der Waals surface area contributed by atoms with Gasteiger partial charge in [-0.15, -0.1) is 11.8 Å². The lowest BCUT2D eigenvalue weighted by Gasteiger charge is -2.15. The summed E-state index contributed by atoms with van der Waals surface area (Å²) in [5.41, 5.74) is 4.51. The van der Waals surface area contributed by atoms with Crippen molar-refractivity contribution in [3.05, 3.63) is 0 Å². The van der Waals surface area contributed by atoms with Crippen LogP contribution in [0.1, 0.15) is 0 Å². The van der Waals surface area contributed by atoms with Gasteiger partial charge in [0.25, 0.3) is 0 Å². The SMILES string of the molecule is NC(CSC1O[C@H](CO)[C@@H](O)[C@H]1O)C(=O)O. The van der Waals surface area contributed by atoms with E-state index >= 15 is 0 Å². The molecule has 1 rings (SSSR count). The Kier molecular flexibility index (Phi) is 4.96. The molecule has 0 radical (unpaired) electrons. The highest BCUT2D eigenvalue weighted by molar-refractivity contribution is 7.99. The number of rotatable bonds is 5. The van der Waals surface area contributed by atoms with E-state index in [0.29, 0.717) is 0 Å². The van der Waals surface area contributed by atoms with Gasteiger partial charge in [-0.25, -0.2) is 0 Å². The minimum atomic E-state index is -1.16. The van der Waals surface area contributed by atoms with E-state index in [1.165, 1.54) is 0 Å². The predicted molar refractivity (Wildman–Crippen MR) is 55.8 cm³/mol. The van der Waals surface area contributed by atoms with Crippen LogP contribution < -0.4 is 5.73 Å². The molecular weight excluding hydrogens is 238 g/mol. The van der Waals surface area contributed by atoms with E-state index in [-0.39, 0.29) is 5.75 Å². The van der Waals surface area contributed by atoms with E-state index in [1.54, 1.807) is 0 Å². The topological polar surface area (TPSA) is 133 Å². The molecule has 0 aromatic carbocycles. The molecule has 1 fully saturated rings. The first-order chi connectivity index (χ1) is 7.47. The second kappa shape index (κ2) is 5.80.